The maximum Gasteiger partial charge on any atom is 0.490 e. The first-order valence-electron chi connectivity index (χ1n) is 4.00. The minimum Gasteiger partial charge on any atom is -0.475 e. The van der Waals surface area contributed by atoms with Crippen molar-refractivity contribution in [1.82, 2.24) is 10.2 Å². The standard InChI is InChI=1S/C5H9N3O.C2HF3O2/c1-3(6)5-8-7-4(2)9-5;3-2(4,5)1(6)7/h3H,6H2,1-2H3;(H,6,7). The second kappa shape index (κ2) is 5.45. The van der Waals surface area contributed by atoms with E-state index in [2.05, 4.69) is 10.2 Å². The van der Waals surface area contributed by atoms with E-state index in [0.29, 0.717) is 11.8 Å². The zero-order chi connectivity index (χ0) is 12.9. The van der Waals surface area contributed by atoms with Gasteiger partial charge in [0.25, 0.3) is 0 Å². The minimum atomic E-state index is -5.08. The van der Waals surface area contributed by atoms with E-state index in [1.807, 2.05) is 0 Å². The zero-order valence-electron chi connectivity index (χ0n) is 8.45. The highest BCUT2D eigenvalue weighted by molar-refractivity contribution is 5.73. The van der Waals surface area contributed by atoms with Gasteiger partial charge in [-0.25, -0.2) is 4.79 Å². The van der Waals surface area contributed by atoms with Crippen LogP contribution in [0.15, 0.2) is 4.42 Å². The number of rotatable bonds is 1. The number of carboxylic acid groups (broad SMARTS) is 1. The maximum atomic E-state index is 10.6. The average molecular weight is 241 g/mol. The third kappa shape index (κ3) is 5.29. The van der Waals surface area contributed by atoms with Crippen molar-refractivity contribution in [3.63, 3.8) is 0 Å². The second-order valence-electron chi connectivity index (χ2n) is 2.75. The number of hydrogen-bond acceptors (Lipinski definition) is 5. The third-order valence-corrected chi connectivity index (χ3v) is 1.17. The van der Waals surface area contributed by atoms with Crippen molar-refractivity contribution in [1.29, 1.82) is 0 Å². The van der Waals surface area contributed by atoms with E-state index in [4.69, 9.17) is 20.1 Å². The summed E-state index contributed by atoms with van der Waals surface area (Å²) in [5.74, 6) is -1.71. The first-order valence-corrected chi connectivity index (χ1v) is 4.00. The topological polar surface area (TPSA) is 102 Å². The van der Waals surface area contributed by atoms with Gasteiger partial charge in [-0.3, -0.25) is 0 Å². The van der Waals surface area contributed by atoms with Gasteiger partial charge in [-0.1, -0.05) is 0 Å². The van der Waals surface area contributed by atoms with E-state index in [9.17, 15) is 13.2 Å². The molecule has 0 fully saturated rings. The summed E-state index contributed by atoms with van der Waals surface area (Å²) in [6.45, 7) is 3.53. The number of nitrogens with zero attached hydrogens (tertiary/aromatic N) is 2. The minimum absolute atomic E-state index is 0.161. The molecule has 0 saturated carbocycles. The van der Waals surface area contributed by atoms with Gasteiger partial charge < -0.3 is 15.3 Å². The third-order valence-electron chi connectivity index (χ3n) is 1.17. The van der Waals surface area contributed by atoms with Gasteiger partial charge in [0.05, 0.1) is 6.04 Å². The number of halogens is 3. The molecule has 0 aliphatic carbocycles. The van der Waals surface area contributed by atoms with Gasteiger partial charge in [0, 0.05) is 6.92 Å². The Labute approximate surface area is 88.3 Å². The van der Waals surface area contributed by atoms with Gasteiger partial charge in [0.15, 0.2) is 0 Å². The molecule has 0 aromatic carbocycles. The van der Waals surface area contributed by atoms with Crippen LogP contribution in [0.5, 0.6) is 0 Å². The molecule has 3 N–H and O–H groups in total. The molecule has 0 spiro atoms. The Kier molecular flexibility index (Phi) is 4.89. The van der Waals surface area contributed by atoms with Crippen LogP contribution in [0, 0.1) is 6.92 Å². The van der Waals surface area contributed by atoms with Crippen LogP contribution in [-0.4, -0.2) is 27.4 Å². The van der Waals surface area contributed by atoms with Crippen molar-refractivity contribution >= 4 is 5.97 Å². The van der Waals surface area contributed by atoms with Crippen LogP contribution in [0.1, 0.15) is 24.7 Å². The summed E-state index contributed by atoms with van der Waals surface area (Å²) < 4.78 is 36.7. The molecule has 1 heterocycles. The molecule has 0 bridgehead atoms. The van der Waals surface area contributed by atoms with Gasteiger partial charge in [-0.2, -0.15) is 13.2 Å². The fraction of sp³-hybridized carbons (Fsp3) is 0.571. The van der Waals surface area contributed by atoms with Crippen molar-refractivity contribution in [2.45, 2.75) is 26.1 Å². The van der Waals surface area contributed by atoms with Crippen LogP contribution >= 0.6 is 0 Å². The molecule has 0 radical (unpaired) electrons. The number of aryl methyl sites for hydroxylation is 1. The lowest BCUT2D eigenvalue weighted by Crippen LogP contribution is -2.21. The number of hydrogen-bond donors (Lipinski definition) is 2. The molecule has 9 heteroatoms. The van der Waals surface area contributed by atoms with Gasteiger partial charge >= 0.3 is 12.1 Å². The van der Waals surface area contributed by atoms with E-state index in [1.54, 1.807) is 13.8 Å². The van der Waals surface area contributed by atoms with Crippen molar-refractivity contribution in [2.75, 3.05) is 0 Å². The maximum absolute atomic E-state index is 10.6. The quantitative estimate of drug-likeness (QED) is 0.761. The number of carbonyl (C=O) groups is 1. The Bertz CT molecular complexity index is 348. The van der Waals surface area contributed by atoms with Crippen LogP contribution in [0.4, 0.5) is 13.2 Å². The highest BCUT2D eigenvalue weighted by Crippen LogP contribution is 2.13. The summed E-state index contributed by atoms with van der Waals surface area (Å²) in [6, 6.07) is -0.161. The fourth-order valence-corrected chi connectivity index (χ4v) is 0.496. The lowest BCUT2D eigenvalue weighted by atomic mass is 10.4. The first kappa shape index (κ1) is 14.4. The molecule has 1 atom stereocenters. The molecule has 0 saturated heterocycles. The number of aliphatic carboxylic acids is 1. The molecule has 92 valence electrons. The zero-order valence-corrected chi connectivity index (χ0v) is 8.45. The Morgan fingerprint density at radius 1 is 1.50 bits per heavy atom. The molecule has 1 unspecified atom stereocenters. The lowest BCUT2D eigenvalue weighted by Gasteiger charge is -1.93. The largest absolute Gasteiger partial charge is 0.490 e. The summed E-state index contributed by atoms with van der Waals surface area (Å²) >= 11 is 0. The van der Waals surface area contributed by atoms with Gasteiger partial charge in [-0.15, -0.1) is 10.2 Å². The smallest absolute Gasteiger partial charge is 0.475 e. The Morgan fingerprint density at radius 3 is 2.06 bits per heavy atom. The molecular weight excluding hydrogens is 231 g/mol. The van der Waals surface area contributed by atoms with Crippen molar-refractivity contribution in [3.05, 3.63) is 11.8 Å². The second-order valence-corrected chi connectivity index (χ2v) is 2.75. The summed E-state index contributed by atoms with van der Waals surface area (Å²) in [5, 5.41) is 14.4. The molecule has 0 amide bonds. The monoisotopic (exact) mass is 241 g/mol. The van der Waals surface area contributed by atoms with Crippen molar-refractivity contribution in [3.8, 4) is 0 Å². The summed E-state index contributed by atoms with van der Waals surface area (Å²) in [6.07, 6.45) is -5.08. The van der Waals surface area contributed by atoms with Gasteiger partial charge in [0.1, 0.15) is 0 Å². The number of aromatic nitrogens is 2. The number of carboxylic acids is 1. The van der Waals surface area contributed by atoms with Crippen LogP contribution in [0.25, 0.3) is 0 Å². The number of alkyl halides is 3. The van der Waals surface area contributed by atoms with Crippen LogP contribution in [0.3, 0.4) is 0 Å². The van der Waals surface area contributed by atoms with Crippen molar-refractivity contribution in [2.24, 2.45) is 5.73 Å². The normalized spacial score (nSPS) is 12.6. The molecule has 16 heavy (non-hydrogen) atoms. The predicted molar refractivity (Wildman–Crippen MR) is 45.3 cm³/mol. The van der Waals surface area contributed by atoms with Gasteiger partial charge in [-0.05, 0) is 6.92 Å². The van der Waals surface area contributed by atoms with Crippen LogP contribution in [0.2, 0.25) is 0 Å². The van der Waals surface area contributed by atoms with Crippen LogP contribution in [-0.2, 0) is 4.79 Å². The Balaban J connectivity index is 0.000000293. The first-order chi connectivity index (χ1) is 7.14. The van der Waals surface area contributed by atoms with E-state index in [0.717, 1.165) is 0 Å². The summed E-state index contributed by atoms with van der Waals surface area (Å²) in [4.78, 5) is 8.90. The van der Waals surface area contributed by atoms with E-state index in [-0.39, 0.29) is 6.04 Å². The SMILES string of the molecule is Cc1nnc(C(C)N)o1.O=C(O)C(F)(F)F. The Morgan fingerprint density at radius 2 is 1.94 bits per heavy atom. The fourth-order valence-electron chi connectivity index (χ4n) is 0.496. The molecule has 6 nitrogen and oxygen atoms in total. The summed E-state index contributed by atoms with van der Waals surface area (Å²) in [7, 11) is 0. The van der Waals surface area contributed by atoms with Gasteiger partial charge in [0.2, 0.25) is 11.8 Å². The Hall–Kier alpha value is -1.64. The predicted octanol–water partition coefficient (Wildman–Crippen LogP) is 1.03. The van der Waals surface area contributed by atoms with E-state index >= 15 is 0 Å². The van der Waals surface area contributed by atoms with E-state index in [1.165, 1.54) is 0 Å². The molecule has 1 rings (SSSR count). The average Bonchev–Trinajstić information content (AvgIpc) is 2.51. The van der Waals surface area contributed by atoms with E-state index < -0.39 is 12.1 Å². The lowest BCUT2D eigenvalue weighted by molar-refractivity contribution is -0.192. The molecule has 0 aliphatic rings. The highest BCUT2D eigenvalue weighted by Gasteiger charge is 2.38. The van der Waals surface area contributed by atoms with Crippen molar-refractivity contribution < 1.29 is 27.5 Å². The highest BCUT2D eigenvalue weighted by atomic mass is 19.4. The molecule has 1 aromatic rings. The molecule has 0 aliphatic heterocycles. The molecule has 1 aromatic heterocycles. The summed E-state index contributed by atoms with van der Waals surface area (Å²) in [5.41, 5.74) is 5.43. The molecular formula is C7H10F3N3O3. The number of nitrogens with two attached hydrogens (primary N) is 1. The van der Waals surface area contributed by atoms with Crippen LogP contribution < -0.4 is 5.73 Å².